The van der Waals surface area contributed by atoms with Crippen molar-refractivity contribution in [3.05, 3.63) is 0 Å². The van der Waals surface area contributed by atoms with Gasteiger partial charge >= 0.3 is 0 Å². The second-order valence-electron chi connectivity index (χ2n) is 0. The van der Waals surface area contributed by atoms with Gasteiger partial charge in [0.2, 0.25) is 0 Å². The molecule has 0 radical (unpaired) electrons. The topological polar surface area (TPSA) is 0 Å². The maximum absolute atomic E-state index is 0. The van der Waals surface area contributed by atoms with E-state index in [1.165, 1.54) is 0 Å². The molecular weight excluding hydrogens is 860 g/mol. The zero-order chi connectivity index (χ0) is 0. The van der Waals surface area contributed by atoms with Crippen LogP contribution >= 0.6 is 0 Å². The van der Waals surface area contributed by atoms with Crippen LogP contribution in [-0.4, -0.2) is 0 Å². The third-order valence-corrected chi connectivity index (χ3v) is 0. The Bertz CT molecular complexity index is 6.90. The standard InChI is InChI=1S/3Pu.4S/q;;;4*-2. The van der Waals surface area contributed by atoms with Crippen LogP contribution in [0.25, 0.3) is 0 Å². The van der Waals surface area contributed by atoms with E-state index in [0.717, 1.165) is 0 Å². The summed E-state index contributed by atoms with van der Waals surface area (Å²) < 4.78 is 0. The minimum Gasteiger partial charge on any atom is -2.00 e. The quantitative estimate of drug-likeness (QED) is 0.322. The van der Waals surface area contributed by atoms with Gasteiger partial charge < -0.3 is 54.0 Å². The number of hydrogen-bond donors (Lipinski definition) is 0. The summed E-state index contributed by atoms with van der Waals surface area (Å²) in [6, 6.07) is 0. The summed E-state index contributed by atoms with van der Waals surface area (Å²) in [6.07, 6.45) is 0. The van der Waals surface area contributed by atoms with Gasteiger partial charge in [-0.05, 0) is 0 Å². The van der Waals surface area contributed by atoms with Crippen LogP contribution in [0.1, 0.15) is 0 Å². The molecule has 0 saturated heterocycles. The van der Waals surface area contributed by atoms with E-state index in [2.05, 4.69) is 0 Å². The molecule has 0 atom stereocenters. The molecule has 0 rings (SSSR count). The van der Waals surface area contributed by atoms with Crippen molar-refractivity contribution in [1.29, 1.82) is 0 Å². The first-order valence-corrected chi connectivity index (χ1v) is 0. The summed E-state index contributed by atoms with van der Waals surface area (Å²) in [7, 11) is 0. The van der Waals surface area contributed by atoms with Gasteiger partial charge in [0.05, 0.1) is 0 Å². The van der Waals surface area contributed by atoms with Crippen molar-refractivity contribution in [3.63, 3.8) is 0 Å². The second-order valence-corrected chi connectivity index (χ2v) is 0. The second kappa shape index (κ2) is 47.7. The molecule has 0 fully saturated rings. The molecule has 0 N–H and O–H groups in total. The molecule has 0 heterocycles. The van der Waals surface area contributed by atoms with Crippen molar-refractivity contribution in [2.24, 2.45) is 0 Å². The Labute approximate surface area is 138 Å². The predicted octanol–water partition coefficient (Wildman–Crippen LogP) is -0.00960. The Balaban J connectivity index is 0. The fourth-order valence-corrected chi connectivity index (χ4v) is 0. The van der Waals surface area contributed by atoms with E-state index < -0.39 is 0 Å². The van der Waals surface area contributed by atoms with Crippen LogP contribution in [0.5, 0.6) is 0 Å². The van der Waals surface area contributed by atoms with E-state index >= 15 is 0 Å². The first kappa shape index (κ1) is 64.1. The third kappa shape index (κ3) is 38.1. The Kier molecular flexibility index (Phi) is 437. The zero-order valence-corrected chi connectivity index (χ0v) is 16.3. The van der Waals surface area contributed by atoms with E-state index in [-0.39, 0.29) is 142 Å². The van der Waals surface area contributed by atoms with Gasteiger partial charge in [-0.15, -0.1) is 0 Å². The van der Waals surface area contributed by atoms with Gasteiger partial charge in [-0.25, -0.2) is 0 Å². The molecule has 0 aliphatic heterocycles. The summed E-state index contributed by atoms with van der Waals surface area (Å²) in [5.74, 6) is 0. The molecule has 0 nitrogen and oxygen atoms in total. The SMILES string of the molecule is [Pu].[Pu].[Pu].[S-2].[S-2].[S-2].[S-2]. The first-order valence-electron chi connectivity index (χ1n) is 0. The van der Waals surface area contributed by atoms with Gasteiger partial charge in [0, 0.05) is 87.5 Å². The van der Waals surface area contributed by atoms with Crippen LogP contribution < -0.4 is 0 Å². The molecule has 50 valence electrons. The van der Waals surface area contributed by atoms with Crippen LogP contribution in [0.2, 0.25) is 0 Å². The maximum atomic E-state index is 0. The van der Waals surface area contributed by atoms with E-state index in [1.54, 1.807) is 0 Å². The molecule has 0 spiro atoms. The maximum Gasteiger partial charge on any atom is 0 e. The third-order valence-electron chi connectivity index (χ3n) is 0. The molecule has 0 aliphatic rings. The molecule has 0 amide bonds. The van der Waals surface area contributed by atoms with Gasteiger partial charge in [-0.2, -0.15) is 0 Å². The fraction of sp³-hybridized carbons (Fsp3) is 0. The summed E-state index contributed by atoms with van der Waals surface area (Å²) in [5, 5.41) is 0. The minimum atomic E-state index is 0. The van der Waals surface area contributed by atoms with Crippen molar-refractivity contribution < 1.29 is 87.5 Å². The molecule has 7 heavy (non-hydrogen) atoms. The smallest absolute Gasteiger partial charge is 0 e. The van der Waals surface area contributed by atoms with Gasteiger partial charge in [-0.3, -0.25) is 0 Å². The number of rotatable bonds is 0. The van der Waals surface area contributed by atoms with E-state index in [1.807, 2.05) is 0 Å². The normalized spacial score (nSPS) is 0. The molecule has 0 aliphatic carbocycles. The average molecular weight is 860 g/mol. The summed E-state index contributed by atoms with van der Waals surface area (Å²) in [4.78, 5) is 0. The minimum absolute atomic E-state index is 0. The Morgan fingerprint density at radius 2 is 0.286 bits per heavy atom. The van der Waals surface area contributed by atoms with Crippen LogP contribution in [0, 0.1) is 87.5 Å². The van der Waals surface area contributed by atoms with Gasteiger partial charge in [0.15, 0.2) is 0 Å². The molecule has 7 heteroatoms. The van der Waals surface area contributed by atoms with Crippen LogP contribution in [0.4, 0.5) is 0 Å². The molecule has 0 bridgehead atoms. The van der Waals surface area contributed by atoms with Crippen molar-refractivity contribution in [1.82, 2.24) is 0 Å². The Morgan fingerprint density at radius 1 is 0.286 bits per heavy atom. The number of hydrogen-bond acceptors (Lipinski definition) is 0. The van der Waals surface area contributed by atoms with Crippen molar-refractivity contribution in [2.45, 2.75) is 0 Å². The van der Waals surface area contributed by atoms with Gasteiger partial charge in [0.25, 0.3) is 0 Å². The molecule has 0 aromatic heterocycles. The Morgan fingerprint density at radius 3 is 0.286 bits per heavy atom. The van der Waals surface area contributed by atoms with E-state index in [9.17, 15) is 0 Å². The summed E-state index contributed by atoms with van der Waals surface area (Å²) >= 11 is 0. The predicted molar refractivity (Wildman–Crippen MR) is 29.5 cm³/mol. The largest absolute Gasteiger partial charge is 2.00 e. The first-order chi connectivity index (χ1) is 0. The molecular formula is Pu3S4-8. The zero-order valence-electron chi connectivity index (χ0n) is 2.86. The van der Waals surface area contributed by atoms with Crippen LogP contribution in [0.15, 0.2) is 0 Å². The van der Waals surface area contributed by atoms with Gasteiger partial charge in [-0.1, -0.05) is 0 Å². The van der Waals surface area contributed by atoms with Crippen LogP contribution in [0.3, 0.4) is 0 Å². The summed E-state index contributed by atoms with van der Waals surface area (Å²) in [6.45, 7) is 0. The molecule has 0 aromatic carbocycles. The van der Waals surface area contributed by atoms with E-state index in [4.69, 9.17) is 0 Å². The van der Waals surface area contributed by atoms with Crippen molar-refractivity contribution in [2.75, 3.05) is 0 Å². The van der Waals surface area contributed by atoms with Gasteiger partial charge in [0.1, 0.15) is 0 Å². The van der Waals surface area contributed by atoms with E-state index in [0.29, 0.717) is 0 Å². The monoisotopic (exact) mass is 842 g/mol. The average Bonchev–Trinajstić information content (AvgIpc) is 0. The molecule has 0 unspecified atom stereocenters. The van der Waals surface area contributed by atoms with Crippen molar-refractivity contribution >= 4 is 54.0 Å². The van der Waals surface area contributed by atoms with Crippen LogP contribution in [-0.2, 0) is 54.0 Å². The molecule has 0 aromatic rings. The molecule has 0 saturated carbocycles. The fourth-order valence-electron chi connectivity index (χ4n) is 0. The Hall–Kier alpha value is 4.36. The van der Waals surface area contributed by atoms with Crippen molar-refractivity contribution in [3.8, 4) is 0 Å². The summed E-state index contributed by atoms with van der Waals surface area (Å²) in [5.41, 5.74) is 0.